The van der Waals surface area contributed by atoms with Crippen LogP contribution in [-0.2, 0) is 4.79 Å². The monoisotopic (exact) mass is 537 g/mol. The number of nitrogens with zero attached hydrogens (tertiary/aromatic N) is 1. The molecule has 2 rings (SSSR count). The van der Waals surface area contributed by atoms with E-state index in [2.05, 4.69) is 50.2 Å². The van der Waals surface area contributed by atoms with E-state index in [1.807, 2.05) is 30.3 Å². The predicted molar refractivity (Wildman–Crippen MR) is 105 cm³/mol. The number of aliphatic imine (C=N–C) groups is 1. The lowest BCUT2D eigenvalue weighted by Gasteiger charge is -2.12. The maximum atomic E-state index is 10.6. The molecule has 0 atom stereocenters. The average Bonchev–Trinajstić information content (AvgIpc) is 2.51. The van der Waals surface area contributed by atoms with Gasteiger partial charge < -0.3 is 14.6 Å². The van der Waals surface area contributed by atoms with E-state index >= 15 is 0 Å². The van der Waals surface area contributed by atoms with Crippen LogP contribution >= 0.6 is 45.2 Å². The molecule has 23 heavy (non-hydrogen) atoms. The first-order valence-corrected chi connectivity index (χ1v) is 8.67. The zero-order valence-electron chi connectivity index (χ0n) is 12.1. The van der Waals surface area contributed by atoms with Gasteiger partial charge in [-0.3, -0.25) is 4.99 Å². The summed E-state index contributed by atoms with van der Waals surface area (Å²) in [6, 6.07) is 11.5. The van der Waals surface area contributed by atoms with Crippen molar-refractivity contribution in [3.63, 3.8) is 0 Å². The first kappa shape index (κ1) is 18.0. The number of hydrogen-bond acceptors (Lipinski definition) is 4. The summed E-state index contributed by atoms with van der Waals surface area (Å²) in [5.74, 6) is -0.142. The second-order valence-electron chi connectivity index (χ2n) is 4.45. The fraction of sp³-hybridized carbons (Fsp3) is 0.125. The highest BCUT2D eigenvalue weighted by Crippen LogP contribution is 2.33. The highest BCUT2D eigenvalue weighted by Gasteiger charge is 2.12. The Labute approximate surface area is 161 Å². The maximum Gasteiger partial charge on any atom is 0.341 e. The Kier molecular flexibility index (Phi) is 6.63. The van der Waals surface area contributed by atoms with Gasteiger partial charge in [0.25, 0.3) is 0 Å². The summed E-state index contributed by atoms with van der Waals surface area (Å²) in [4.78, 5) is 15.1. The van der Waals surface area contributed by atoms with E-state index < -0.39 is 12.6 Å². The van der Waals surface area contributed by atoms with Gasteiger partial charge in [0, 0.05) is 9.78 Å². The SMILES string of the molecule is COc1cc(C=Nc2cccc(I)c2)cc(I)c1OCC(=O)O. The second kappa shape index (κ2) is 8.48. The van der Waals surface area contributed by atoms with Gasteiger partial charge in [-0.05, 0) is 81.1 Å². The van der Waals surface area contributed by atoms with Gasteiger partial charge in [-0.25, -0.2) is 4.79 Å². The Morgan fingerprint density at radius 2 is 2.09 bits per heavy atom. The molecule has 0 amide bonds. The van der Waals surface area contributed by atoms with Gasteiger partial charge in [-0.2, -0.15) is 0 Å². The highest BCUT2D eigenvalue weighted by molar-refractivity contribution is 14.1. The molecule has 1 N–H and O–H groups in total. The molecular weight excluding hydrogens is 524 g/mol. The maximum absolute atomic E-state index is 10.6. The second-order valence-corrected chi connectivity index (χ2v) is 6.86. The number of carbonyl (C=O) groups is 1. The largest absolute Gasteiger partial charge is 0.493 e. The van der Waals surface area contributed by atoms with Crippen molar-refractivity contribution in [2.24, 2.45) is 4.99 Å². The van der Waals surface area contributed by atoms with Crippen molar-refractivity contribution in [1.29, 1.82) is 0 Å². The van der Waals surface area contributed by atoms with Crippen molar-refractivity contribution in [3.05, 3.63) is 49.1 Å². The number of ether oxygens (including phenoxy) is 2. The Morgan fingerprint density at radius 1 is 1.30 bits per heavy atom. The van der Waals surface area contributed by atoms with Crippen molar-refractivity contribution in [2.75, 3.05) is 13.7 Å². The van der Waals surface area contributed by atoms with Crippen LogP contribution in [0.4, 0.5) is 5.69 Å². The number of aliphatic carboxylic acids is 1. The summed E-state index contributed by atoms with van der Waals surface area (Å²) in [7, 11) is 1.51. The Balaban J connectivity index is 2.26. The zero-order chi connectivity index (χ0) is 16.8. The molecule has 5 nitrogen and oxygen atoms in total. The van der Waals surface area contributed by atoms with Crippen LogP contribution in [0.3, 0.4) is 0 Å². The van der Waals surface area contributed by atoms with Gasteiger partial charge in [-0.1, -0.05) is 6.07 Å². The van der Waals surface area contributed by atoms with Crippen molar-refractivity contribution >= 4 is 63.1 Å². The van der Waals surface area contributed by atoms with Gasteiger partial charge >= 0.3 is 5.97 Å². The van der Waals surface area contributed by atoms with E-state index in [0.717, 1.165) is 18.4 Å². The minimum Gasteiger partial charge on any atom is -0.493 e. The Hall–Kier alpha value is -1.36. The van der Waals surface area contributed by atoms with E-state index in [9.17, 15) is 4.79 Å². The summed E-state index contributed by atoms with van der Waals surface area (Å²) >= 11 is 4.32. The molecule has 0 aliphatic carbocycles. The number of benzene rings is 2. The number of methoxy groups -OCH3 is 1. The minimum absolute atomic E-state index is 0.414. The summed E-state index contributed by atoms with van der Waals surface area (Å²) in [5.41, 5.74) is 1.70. The van der Waals surface area contributed by atoms with Crippen LogP contribution in [0.1, 0.15) is 5.56 Å². The van der Waals surface area contributed by atoms with Gasteiger partial charge in [0.15, 0.2) is 18.1 Å². The third-order valence-electron chi connectivity index (χ3n) is 2.76. The third kappa shape index (κ3) is 5.34. The molecular formula is C16H13I2NO4. The lowest BCUT2D eigenvalue weighted by Crippen LogP contribution is -2.11. The van der Waals surface area contributed by atoms with Gasteiger partial charge in [0.05, 0.1) is 16.4 Å². The number of hydrogen-bond donors (Lipinski definition) is 1. The van der Waals surface area contributed by atoms with Crippen LogP contribution in [0.25, 0.3) is 0 Å². The van der Waals surface area contributed by atoms with Crippen LogP contribution < -0.4 is 9.47 Å². The van der Waals surface area contributed by atoms with Gasteiger partial charge in [0.2, 0.25) is 0 Å². The molecule has 0 aliphatic heterocycles. The third-order valence-corrected chi connectivity index (χ3v) is 4.23. The predicted octanol–water partition coefficient (Wildman–Crippen LogP) is 4.12. The van der Waals surface area contributed by atoms with Gasteiger partial charge in [-0.15, -0.1) is 0 Å². The number of carboxylic acid groups (broad SMARTS) is 1. The van der Waals surface area contributed by atoms with Crippen molar-refractivity contribution in [3.8, 4) is 11.5 Å². The molecule has 2 aromatic rings. The van der Waals surface area contributed by atoms with E-state index in [4.69, 9.17) is 14.6 Å². The van der Waals surface area contributed by atoms with Crippen LogP contribution in [0.2, 0.25) is 0 Å². The molecule has 0 bridgehead atoms. The number of rotatable bonds is 6. The molecule has 0 saturated carbocycles. The Bertz CT molecular complexity index is 747. The van der Waals surface area contributed by atoms with Crippen molar-refractivity contribution in [1.82, 2.24) is 0 Å². The fourth-order valence-corrected chi connectivity index (χ4v) is 3.10. The molecule has 0 aromatic heterocycles. The topological polar surface area (TPSA) is 68.1 Å². The lowest BCUT2D eigenvalue weighted by atomic mass is 10.2. The molecule has 120 valence electrons. The van der Waals surface area contributed by atoms with Crippen LogP contribution in [0.5, 0.6) is 11.5 Å². The normalized spacial score (nSPS) is 10.7. The molecule has 0 saturated heterocycles. The van der Waals surface area contributed by atoms with E-state index in [-0.39, 0.29) is 0 Å². The summed E-state index contributed by atoms with van der Waals surface area (Å²) in [6.07, 6.45) is 1.73. The molecule has 0 heterocycles. The first-order chi connectivity index (χ1) is 11.0. The Morgan fingerprint density at radius 3 is 2.74 bits per heavy atom. The highest BCUT2D eigenvalue weighted by atomic mass is 127. The average molecular weight is 537 g/mol. The zero-order valence-corrected chi connectivity index (χ0v) is 16.4. The summed E-state index contributed by atoms with van der Waals surface area (Å²) in [6.45, 7) is -0.414. The van der Waals surface area contributed by atoms with Crippen LogP contribution in [0, 0.1) is 7.14 Å². The quantitative estimate of drug-likeness (QED) is 0.445. The smallest absolute Gasteiger partial charge is 0.341 e. The molecule has 0 fully saturated rings. The summed E-state index contributed by atoms with van der Waals surface area (Å²) in [5, 5.41) is 8.73. The van der Waals surface area contributed by atoms with Crippen molar-refractivity contribution in [2.45, 2.75) is 0 Å². The van der Waals surface area contributed by atoms with Crippen LogP contribution in [0.15, 0.2) is 41.4 Å². The number of halogens is 2. The fourth-order valence-electron chi connectivity index (χ4n) is 1.79. The summed E-state index contributed by atoms with van der Waals surface area (Å²) < 4.78 is 12.4. The molecule has 0 unspecified atom stereocenters. The van der Waals surface area contributed by atoms with Gasteiger partial charge in [0.1, 0.15) is 0 Å². The van der Waals surface area contributed by atoms with Crippen molar-refractivity contribution < 1.29 is 19.4 Å². The van der Waals surface area contributed by atoms with Crippen LogP contribution in [-0.4, -0.2) is 31.0 Å². The minimum atomic E-state index is -1.04. The molecule has 0 spiro atoms. The first-order valence-electron chi connectivity index (χ1n) is 6.51. The molecule has 0 aliphatic rings. The molecule has 0 radical (unpaired) electrons. The standard InChI is InChI=1S/C16H13I2NO4/c1-22-14-6-10(5-13(18)16(14)23-9-15(20)21)8-19-12-4-2-3-11(17)7-12/h2-8H,9H2,1H3,(H,20,21). The molecule has 2 aromatic carbocycles. The van der Waals surface area contributed by atoms with E-state index in [0.29, 0.717) is 11.5 Å². The number of carboxylic acids is 1. The van der Waals surface area contributed by atoms with E-state index in [1.54, 1.807) is 12.3 Å². The molecule has 7 heteroatoms. The lowest BCUT2D eigenvalue weighted by molar-refractivity contribution is -0.139. The van der Waals surface area contributed by atoms with E-state index in [1.165, 1.54) is 7.11 Å².